The van der Waals surface area contributed by atoms with Crippen LogP contribution < -0.4 is 10.1 Å². The molecule has 0 aromatic heterocycles. The standard InChI is InChI=1S/C21H18N2O3/c1-21(2)20(25)16-9-8-15(26-3)10-17(16)18(23-21)11-19(24)14-6-4-13(12-22)5-7-14/h4-11,23H,1-3H3/b18-11-. The van der Waals surface area contributed by atoms with E-state index >= 15 is 0 Å². The number of allylic oxidation sites excluding steroid dienone is 1. The van der Waals surface area contributed by atoms with Crippen LogP contribution in [0.15, 0.2) is 48.5 Å². The molecule has 1 aliphatic rings. The van der Waals surface area contributed by atoms with Gasteiger partial charge in [0.15, 0.2) is 11.6 Å². The van der Waals surface area contributed by atoms with Crippen molar-refractivity contribution < 1.29 is 14.3 Å². The Morgan fingerprint density at radius 2 is 1.85 bits per heavy atom. The lowest BCUT2D eigenvalue weighted by molar-refractivity contribution is 0.0888. The van der Waals surface area contributed by atoms with Gasteiger partial charge in [-0.25, -0.2) is 0 Å². The number of nitriles is 1. The van der Waals surface area contributed by atoms with E-state index in [0.29, 0.717) is 33.7 Å². The van der Waals surface area contributed by atoms with Crippen molar-refractivity contribution in [1.82, 2.24) is 5.32 Å². The minimum Gasteiger partial charge on any atom is -0.497 e. The zero-order valence-corrected chi connectivity index (χ0v) is 14.8. The van der Waals surface area contributed by atoms with Crippen LogP contribution in [0.5, 0.6) is 5.75 Å². The van der Waals surface area contributed by atoms with Gasteiger partial charge in [0.25, 0.3) is 0 Å². The first-order valence-corrected chi connectivity index (χ1v) is 8.13. The molecule has 26 heavy (non-hydrogen) atoms. The molecule has 0 bridgehead atoms. The van der Waals surface area contributed by atoms with Gasteiger partial charge in [-0.3, -0.25) is 9.59 Å². The highest BCUT2D eigenvalue weighted by molar-refractivity contribution is 6.14. The molecular formula is C21H18N2O3. The highest BCUT2D eigenvalue weighted by atomic mass is 16.5. The Morgan fingerprint density at radius 1 is 1.15 bits per heavy atom. The Morgan fingerprint density at radius 3 is 2.46 bits per heavy atom. The zero-order chi connectivity index (χ0) is 18.9. The molecule has 2 aromatic rings. The lowest BCUT2D eigenvalue weighted by atomic mass is 9.84. The van der Waals surface area contributed by atoms with Crippen LogP contribution in [0, 0.1) is 11.3 Å². The Balaban J connectivity index is 2.07. The minimum absolute atomic E-state index is 0.0434. The maximum Gasteiger partial charge on any atom is 0.188 e. The highest BCUT2D eigenvalue weighted by Gasteiger charge is 2.36. The third-order valence-corrected chi connectivity index (χ3v) is 4.35. The first kappa shape index (κ1) is 17.4. The maximum absolute atomic E-state index is 12.7. The van der Waals surface area contributed by atoms with Gasteiger partial charge in [-0.05, 0) is 56.3 Å². The molecule has 3 rings (SSSR count). The van der Waals surface area contributed by atoms with Gasteiger partial charge in [0.05, 0.1) is 24.3 Å². The number of fused-ring (bicyclic) bond motifs is 1. The molecule has 0 fully saturated rings. The quantitative estimate of drug-likeness (QED) is 0.681. The molecule has 1 aliphatic heterocycles. The predicted molar refractivity (Wildman–Crippen MR) is 98.0 cm³/mol. The van der Waals surface area contributed by atoms with E-state index in [9.17, 15) is 9.59 Å². The van der Waals surface area contributed by atoms with E-state index < -0.39 is 5.54 Å². The molecule has 1 N–H and O–H groups in total. The summed E-state index contributed by atoms with van der Waals surface area (Å²) in [6.07, 6.45) is 1.48. The fraction of sp³-hybridized carbons (Fsp3) is 0.190. The molecule has 0 saturated heterocycles. The summed E-state index contributed by atoms with van der Waals surface area (Å²) in [5, 5.41) is 12.0. The molecule has 130 valence electrons. The molecule has 0 radical (unpaired) electrons. The second-order valence-corrected chi connectivity index (χ2v) is 6.60. The van der Waals surface area contributed by atoms with Crippen LogP contribution in [0.2, 0.25) is 0 Å². The summed E-state index contributed by atoms with van der Waals surface area (Å²) < 4.78 is 5.25. The summed E-state index contributed by atoms with van der Waals surface area (Å²) in [7, 11) is 1.55. The van der Waals surface area contributed by atoms with Gasteiger partial charge in [-0.2, -0.15) is 5.26 Å². The Kier molecular flexibility index (Phi) is 4.35. The average Bonchev–Trinajstić information content (AvgIpc) is 2.65. The third kappa shape index (κ3) is 3.09. The summed E-state index contributed by atoms with van der Waals surface area (Å²) in [6, 6.07) is 13.7. The smallest absolute Gasteiger partial charge is 0.188 e. The molecule has 5 heteroatoms. The van der Waals surface area contributed by atoms with E-state index in [1.54, 1.807) is 63.4 Å². The molecule has 1 heterocycles. The summed E-state index contributed by atoms with van der Waals surface area (Å²) >= 11 is 0. The van der Waals surface area contributed by atoms with Gasteiger partial charge < -0.3 is 10.1 Å². The second-order valence-electron chi connectivity index (χ2n) is 6.60. The largest absolute Gasteiger partial charge is 0.497 e. The maximum atomic E-state index is 12.7. The summed E-state index contributed by atoms with van der Waals surface area (Å²) in [5.41, 5.74) is 1.89. The number of nitrogens with zero attached hydrogens (tertiary/aromatic N) is 1. The first-order chi connectivity index (χ1) is 12.4. The lowest BCUT2D eigenvalue weighted by Gasteiger charge is -2.34. The van der Waals surface area contributed by atoms with Crippen molar-refractivity contribution in [2.75, 3.05) is 7.11 Å². The Bertz CT molecular complexity index is 964. The van der Waals surface area contributed by atoms with E-state index in [0.717, 1.165) is 0 Å². The molecule has 0 saturated carbocycles. The van der Waals surface area contributed by atoms with Crippen molar-refractivity contribution in [2.24, 2.45) is 0 Å². The summed E-state index contributed by atoms with van der Waals surface area (Å²) in [6.45, 7) is 3.56. The number of carbonyl (C=O) groups excluding carboxylic acids is 2. The summed E-state index contributed by atoms with van der Waals surface area (Å²) in [4.78, 5) is 25.3. The molecule has 0 spiro atoms. The number of methoxy groups -OCH3 is 1. The third-order valence-electron chi connectivity index (χ3n) is 4.35. The van der Waals surface area contributed by atoms with Crippen molar-refractivity contribution in [3.05, 3.63) is 70.8 Å². The molecule has 0 unspecified atom stereocenters. The van der Waals surface area contributed by atoms with Gasteiger partial charge in [-0.1, -0.05) is 0 Å². The molecule has 2 aromatic carbocycles. The number of nitrogens with one attached hydrogen (secondary N) is 1. The Labute approximate surface area is 151 Å². The number of benzene rings is 2. The number of ether oxygens (including phenoxy) is 1. The van der Waals surface area contributed by atoms with E-state index in [-0.39, 0.29) is 11.6 Å². The predicted octanol–water partition coefficient (Wildman–Crippen LogP) is 3.36. The zero-order valence-electron chi connectivity index (χ0n) is 14.8. The van der Waals surface area contributed by atoms with Gasteiger partial charge >= 0.3 is 0 Å². The molecule has 0 aliphatic carbocycles. The molecular weight excluding hydrogens is 328 g/mol. The van der Waals surface area contributed by atoms with Crippen LogP contribution in [0.25, 0.3) is 5.70 Å². The van der Waals surface area contributed by atoms with Gasteiger partial charge in [0.2, 0.25) is 0 Å². The number of Topliss-reactive ketones (excluding diaryl/α,β-unsaturated/α-hetero) is 1. The van der Waals surface area contributed by atoms with E-state index in [1.807, 2.05) is 6.07 Å². The van der Waals surface area contributed by atoms with E-state index in [1.165, 1.54) is 6.08 Å². The van der Waals surface area contributed by atoms with Crippen molar-refractivity contribution >= 4 is 17.3 Å². The number of hydrogen-bond donors (Lipinski definition) is 1. The SMILES string of the molecule is COc1ccc2c(c1)/C(=C/C(=O)c1ccc(C#N)cc1)NC(C)(C)C2=O. The second kappa shape index (κ2) is 6.49. The highest BCUT2D eigenvalue weighted by Crippen LogP contribution is 2.32. The van der Waals surface area contributed by atoms with Crippen LogP contribution in [-0.2, 0) is 0 Å². The topological polar surface area (TPSA) is 79.2 Å². The monoisotopic (exact) mass is 346 g/mol. The molecule has 0 atom stereocenters. The fourth-order valence-corrected chi connectivity index (χ4v) is 2.91. The summed E-state index contributed by atoms with van der Waals surface area (Å²) in [5.74, 6) is 0.351. The van der Waals surface area contributed by atoms with Gasteiger partial charge in [0, 0.05) is 28.5 Å². The van der Waals surface area contributed by atoms with E-state index in [4.69, 9.17) is 10.00 Å². The van der Waals surface area contributed by atoms with Crippen molar-refractivity contribution in [2.45, 2.75) is 19.4 Å². The normalized spacial score (nSPS) is 16.4. The minimum atomic E-state index is -0.821. The van der Waals surface area contributed by atoms with Gasteiger partial charge in [0.1, 0.15) is 5.75 Å². The van der Waals surface area contributed by atoms with Crippen LogP contribution in [0.1, 0.15) is 45.7 Å². The van der Waals surface area contributed by atoms with Crippen LogP contribution in [-0.4, -0.2) is 24.2 Å². The average molecular weight is 346 g/mol. The van der Waals surface area contributed by atoms with Crippen LogP contribution in [0.3, 0.4) is 0 Å². The molecule has 5 nitrogen and oxygen atoms in total. The van der Waals surface area contributed by atoms with Crippen molar-refractivity contribution in [3.8, 4) is 11.8 Å². The first-order valence-electron chi connectivity index (χ1n) is 8.13. The number of carbonyl (C=O) groups is 2. The van der Waals surface area contributed by atoms with Crippen LogP contribution >= 0.6 is 0 Å². The van der Waals surface area contributed by atoms with E-state index in [2.05, 4.69) is 5.32 Å². The number of rotatable bonds is 3. The number of hydrogen-bond acceptors (Lipinski definition) is 5. The van der Waals surface area contributed by atoms with Crippen molar-refractivity contribution in [3.63, 3.8) is 0 Å². The molecule has 0 amide bonds. The number of ketones is 2. The van der Waals surface area contributed by atoms with Crippen molar-refractivity contribution in [1.29, 1.82) is 5.26 Å². The van der Waals surface area contributed by atoms with Crippen LogP contribution in [0.4, 0.5) is 0 Å². The fourth-order valence-electron chi connectivity index (χ4n) is 2.91. The lowest BCUT2D eigenvalue weighted by Crippen LogP contribution is -2.49. The van der Waals surface area contributed by atoms with Gasteiger partial charge in [-0.15, -0.1) is 0 Å². The Hall–Kier alpha value is -3.39.